The van der Waals surface area contributed by atoms with Gasteiger partial charge in [0.05, 0.1) is 19.4 Å². The Morgan fingerprint density at radius 1 is 0.900 bits per heavy atom. The first-order valence-corrected chi connectivity index (χ1v) is 7.24. The molecule has 0 bridgehead atoms. The number of nitrogens with two attached hydrogens (primary N) is 1. The average Bonchev–Trinajstić information content (AvgIpc) is 2.43. The van der Waals surface area contributed by atoms with Crippen LogP contribution in [-0.4, -0.2) is 39.2 Å². The number of carbonyl (C=O) groups excluding carboxylic acids is 2. The van der Waals surface area contributed by atoms with Crippen LogP contribution in [0.25, 0.3) is 0 Å². The average molecular weight is 449 g/mol. The Hall–Kier alpha value is -1.40. The summed E-state index contributed by atoms with van der Waals surface area (Å²) in [6, 6.07) is 0. The monoisotopic (exact) mass is 449 g/mol. The third-order valence-corrected chi connectivity index (χ3v) is 2.18. The number of unbranched alkanes of at least 4 members (excludes halogenated alkanes) is 2. The number of carboxylic acid groups (broad SMARTS) is 1. The molecule has 0 aromatic rings. The van der Waals surface area contributed by atoms with Crippen molar-refractivity contribution in [3.63, 3.8) is 0 Å². The minimum Gasteiger partial charge on any atom is -0.550 e. The maximum absolute atomic E-state index is 10.3. The number of allylic oxidation sites excluding steroid dienone is 1. The summed E-state index contributed by atoms with van der Waals surface area (Å²) in [5.41, 5.74) is 1.13. The summed E-state index contributed by atoms with van der Waals surface area (Å²) in [7, 11) is 3.91. The molecule has 0 spiro atoms. The molecule has 198 valence electrons. The highest BCUT2D eigenvalue weighted by Gasteiger charge is 1.93. The molecule has 6 nitrogen and oxygen atoms in total. The van der Waals surface area contributed by atoms with Crippen molar-refractivity contribution < 1.29 is 24.7 Å². The molecule has 0 rings (SSSR count). The number of ether oxygens (including phenoxy) is 1. The zero-order valence-electron chi connectivity index (χ0n) is 14.2. The Kier molecular flexibility index (Phi) is 187. The van der Waals surface area contributed by atoms with Crippen molar-refractivity contribution in [1.82, 2.24) is 5.32 Å². The van der Waals surface area contributed by atoms with Gasteiger partial charge in [0.25, 0.3) is 0 Å². The molecule has 0 aliphatic rings. The van der Waals surface area contributed by atoms with E-state index in [1.54, 1.807) is 0 Å². The second-order valence-corrected chi connectivity index (χ2v) is 4.36. The van der Waals surface area contributed by atoms with Crippen molar-refractivity contribution in [1.29, 1.82) is 0 Å². The van der Waals surface area contributed by atoms with E-state index in [0.29, 0.717) is 19.4 Å². The smallest absolute Gasteiger partial charge is 0.302 e. The van der Waals surface area contributed by atoms with E-state index in [0.717, 1.165) is 18.7 Å². The number of carbonyl (C=O) groups is 2. The predicted octanol–water partition coefficient (Wildman–Crippen LogP) is 5.52. The van der Waals surface area contributed by atoms with Crippen LogP contribution in [0.4, 0.5) is 0 Å². The number of nitrogens with one attached hydrogen (secondary N) is 1. The molecule has 0 atom stereocenters. The highest BCUT2D eigenvalue weighted by Crippen LogP contribution is 1.98. The van der Waals surface area contributed by atoms with Crippen molar-refractivity contribution in [2.24, 2.45) is 0 Å². The molecule has 0 aliphatic carbocycles. The molecule has 0 fully saturated rings. The largest absolute Gasteiger partial charge is 0.550 e. The van der Waals surface area contributed by atoms with E-state index >= 15 is 0 Å². The molecule has 0 saturated heterocycles. The van der Waals surface area contributed by atoms with Crippen molar-refractivity contribution in [2.75, 3.05) is 27.2 Å². The fourth-order valence-electron chi connectivity index (χ4n) is 0.764. The second-order valence-electron chi connectivity index (χ2n) is 4.36. The summed E-state index contributed by atoms with van der Waals surface area (Å²) in [6.45, 7) is 10.5. The van der Waals surface area contributed by atoms with E-state index in [1.165, 1.54) is 6.92 Å². The first kappa shape index (κ1) is 79.1. The number of hydrogen-bond donors (Lipinski definition) is 2. The van der Waals surface area contributed by atoms with Crippen molar-refractivity contribution in [2.45, 2.75) is 113 Å². The van der Waals surface area contributed by atoms with Gasteiger partial charge in [-0.1, -0.05) is 73.8 Å². The van der Waals surface area contributed by atoms with Gasteiger partial charge in [0.2, 0.25) is 0 Å². The van der Waals surface area contributed by atoms with Gasteiger partial charge in [0.1, 0.15) is 0 Å². The van der Waals surface area contributed by atoms with Crippen LogP contribution in [0.3, 0.4) is 0 Å². The van der Waals surface area contributed by atoms with Gasteiger partial charge in [-0.3, -0.25) is 4.79 Å². The maximum Gasteiger partial charge on any atom is 0.302 e. The third-order valence-electron chi connectivity index (χ3n) is 2.18. The van der Waals surface area contributed by atoms with Crippen molar-refractivity contribution >= 4 is 11.9 Å². The quantitative estimate of drug-likeness (QED) is 0.376. The number of esters is 1. The molecule has 0 saturated carbocycles. The zero-order valence-corrected chi connectivity index (χ0v) is 14.2. The van der Waals surface area contributed by atoms with Crippen LogP contribution < -0.4 is 15.7 Å². The lowest BCUT2D eigenvalue weighted by atomic mass is 10.2. The maximum atomic E-state index is 10.3. The highest BCUT2D eigenvalue weighted by atomic mass is 16.5. The lowest BCUT2D eigenvalue weighted by Crippen LogP contribution is -2.76. The Morgan fingerprint density at radius 2 is 1.23 bits per heavy atom. The Morgan fingerprint density at radius 3 is 1.43 bits per heavy atom. The van der Waals surface area contributed by atoms with Crippen LogP contribution in [0.5, 0.6) is 0 Å². The number of rotatable bonds is 8. The minimum absolute atomic E-state index is 0. The van der Waals surface area contributed by atoms with Crippen LogP contribution in [-0.2, 0) is 14.3 Å². The summed E-state index contributed by atoms with van der Waals surface area (Å²) >= 11 is 0. The number of hydrogen-bond acceptors (Lipinski definition) is 5. The normalized spacial score (nSPS) is 6.03. The van der Waals surface area contributed by atoms with Crippen molar-refractivity contribution in [3.05, 3.63) is 12.3 Å². The topological polar surface area (TPSA) is 95.1 Å². The summed E-state index contributed by atoms with van der Waals surface area (Å²) in [5.74, 6) is -1.32. The van der Waals surface area contributed by atoms with E-state index < -0.39 is 5.97 Å². The first-order chi connectivity index (χ1) is 9.81. The Bertz CT molecular complexity index is 252. The highest BCUT2D eigenvalue weighted by molar-refractivity contribution is 5.65. The molecule has 0 aromatic heterocycles. The lowest BCUT2D eigenvalue weighted by Gasteiger charge is -2.02. The molecular weight excluding hydrogens is 380 g/mol. The van der Waals surface area contributed by atoms with E-state index in [-0.39, 0.29) is 79.2 Å². The van der Waals surface area contributed by atoms with E-state index in [2.05, 4.69) is 23.6 Å². The number of aliphatic carboxylic acids is 1. The van der Waals surface area contributed by atoms with Crippen LogP contribution in [0.15, 0.2) is 12.3 Å². The van der Waals surface area contributed by atoms with Crippen LogP contribution in [0.2, 0.25) is 0 Å². The van der Waals surface area contributed by atoms with Gasteiger partial charge < -0.3 is 25.3 Å². The van der Waals surface area contributed by atoms with Crippen LogP contribution in [0, 0.1) is 0 Å². The molecule has 0 amide bonds. The Balaban J connectivity index is -0.0000000160. The van der Waals surface area contributed by atoms with E-state index in [4.69, 9.17) is 0 Å². The molecule has 6 heteroatoms. The van der Waals surface area contributed by atoms with E-state index in [1.807, 2.05) is 26.3 Å². The standard InChI is InChI=1S/C8H14O4.C4H9N.C3H9N.9CH4/c1-7(9)12-6-4-2-3-5-8(10)11;1-4(2)5-3;1-3-4-2;;;;;;;;;/h2-6H2,1H3,(H,10,11);5H,1H2,2-3H3;4H,3H2,1-2H3;9*1H4. The van der Waals surface area contributed by atoms with Crippen LogP contribution >= 0.6 is 0 Å². The lowest BCUT2D eigenvalue weighted by molar-refractivity contribution is -0.575. The van der Waals surface area contributed by atoms with Crippen molar-refractivity contribution in [3.8, 4) is 0 Å². The molecule has 0 aliphatic heterocycles. The molecule has 0 unspecified atom stereocenters. The predicted molar refractivity (Wildman–Crippen MR) is 143 cm³/mol. The summed E-state index contributed by atoms with van der Waals surface area (Å²) in [5, 5.41) is 14.8. The number of carboxylic acids is 1. The van der Waals surface area contributed by atoms with Gasteiger partial charge in [-0.25, -0.2) is 0 Å². The molecule has 3 N–H and O–H groups in total. The molecule has 30 heavy (non-hydrogen) atoms. The molecule has 0 aromatic carbocycles. The summed E-state index contributed by atoms with van der Waals surface area (Å²) in [6.07, 6.45) is 2.14. The van der Waals surface area contributed by atoms with Gasteiger partial charge in [-0.2, -0.15) is 0 Å². The SMILES string of the molecule is C.C.C.C.C.C.C.C.C.C=C(C)[NH2+]C.CC(=O)OCCCCCC(=O)[O-].CCNC. The van der Waals surface area contributed by atoms with Gasteiger partial charge >= 0.3 is 5.97 Å². The van der Waals surface area contributed by atoms with Crippen LogP contribution in [0.1, 0.15) is 113 Å². The fraction of sp³-hybridized carbons (Fsp3) is 0.833. The summed E-state index contributed by atoms with van der Waals surface area (Å²) in [4.78, 5) is 20.2. The van der Waals surface area contributed by atoms with Gasteiger partial charge in [-0.15, -0.1) is 0 Å². The third kappa shape index (κ3) is 155. The molecule has 0 heterocycles. The first-order valence-electron chi connectivity index (χ1n) is 7.24. The molecular formula is C24H68N2O4. The second kappa shape index (κ2) is 70.9. The fourth-order valence-corrected chi connectivity index (χ4v) is 0.764. The summed E-state index contributed by atoms with van der Waals surface area (Å²) < 4.78 is 4.65. The Labute approximate surface area is 195 Å². The zero-order chi connectivity index (χ0) is 17.1. The minimum atomic E-state index is -1.03. The van der Waals surface area contributed by atoms with E-state index in [9.17, 15) is 14.7 Å². The van der Waals surface area contributed by atoms with Gasteiger partial charge in [0, 0.05) is 19.8 Å². The molecule has 0 radical (unpaired) electrons. The number of quaternary nitrogens is 1. The van der Waals surface area contributed by atoms with Gasteiger partial charge in [0.15, 0.2) is 0 Å². The van der Waals surface area contributed by atoms with Gasteiger partial charge in [-0.05, 0) is 45.9 Å².